The van der Waals surface area contributed by atoms with Crippen LogP contribution in [-0.2, 0) is 10.0 Å². The van der Waals surface area contributed by atoms with E-state index in [2.05, 4.69) is 20.5 Å². The summed E-state index contributed by atoms with van der Waals surface area (Å²) >= 11 is 0. The van der Waals surface area contributed by atoms with Crippen LogP contribution in [0, 0.1) is 0 Å². The summed E-state index contributed by atoms with van der Waals surface area (Å²) < 4.78 is 24.9. The van der Waals surface area contributed by atoms with Gasteiger partial charge in [-0.05, 0) is 32.6 Å². The minimum Gasteiger partial charge on any atom is -0.356 e. The second-order valence-electron chi connectivity index (χ2n) is 7.14. The lowest BCUT2D eigenvalue weighted by Crippen LogP contribution is -2.45. The van der Waals surface area contributed by atoms with Crippen molar-refractivity contribution in [1.82, 2.24) is 19.8 Å². The highest BCUT2D eigenvalue weighted by Gasteiger charge is 2.30. The molecule has 0 aromatic rings. The van der Waals surface area contributed by atoms with Gasteiger partial charge in [-0.15, -0.1) is 24.0 Å². The van der Waals surface area contributed by atoms with Gasteiger partial charge in [0, 0.05) is 52.4 Å². The van der Waals surface area contributed by atoms with E-state index in [1.54, 1.807) is 21.0 Å². The first-order valence-electron chi connectivity index (χ1n) is 9.61. The van der Waals surface area contributed by atoms with Crippen LogP contribution in [-0.4, -0.2) is 81.7 Å². The molecule has 2 fully saturated rings. The minimum atomic E-state index is -3.08. The van der Waals surface area contributed by atoms with Gasteiger partial charge in [0.1, 0.15) is 0 Å². The second-order valence-corrected chi connectivity index (χ2v) is 9.50. The Balaban J connectivity index is 0.00000338. The number of nitrogens with zero attached hydrogens (tertiary/aromatic N) is 3. The van der Waals surface area contributed by atoms with Crippen molar-refractivity contribution >= 4 is 40.0 Å². The van der Waals surface area contributed by atoms with Gasteiger partial charge in [0.05, 0.1) is 5.75 Å². The summed E-state index contributed by atoms with van der Waals surface area (Å²) in [4.78, 5) is 6.93. The van der Waals surface area contributed by atoms with E-state index in [-0.39, 0.29) is 29.7 Å². The summed E-state index contributed by atoms with van der Waals surface area (Å²) in [7, 11) is 0.342. The van der Waals surface area contributed by atoms with E-state index in [9.17, 15) is 8.42 Å². The Morgan fingerprint density at radius 1 is 1.27 bits per heavy atom. The summed E-state index contributed by atoms with van der Waals surface area (Å²) in [5.41, 5.74) is 0. The number of halogens is 1. The summed E-state index contributed by atoms with van der Waals surface area (Å²) in [6.07, 6.45) is 7.39. The molecule has 7 nitrogen and oxygen atoms in total. The van der Waals surface area contributed by atoms with Crippen molar-refractivity contribution in [3.63, 3.8) is 0 Å². The summed E-state index contributed by atoms with van der Waals surface area (Å²) in [5, 5.41) is 6.82. The molecule has 1 unspecified atom stereocenters. The Bertz CT molecular complexity index is 537. The van der Waals surface area contributed by atoms with Gasteiger partial charge in [-0.2, -0.15) is 0 Å². The normalized spacial score (nSPS) is 22.6. The lowest BCUT2D eigenvalue weighted by Gasteiger charge is -2.24. The highest BCUT2D eigenvalue weighted by molar-refractivity contribution is 14.0. The predicted molar refractivity (Wildman–Crippen MR) is 119 cm³/mol. The van der Waals surface area contributed by atoms with Crippen LogP contribution in [0.1, 0.15) is 45.4 Å². The topological polar surface area (TPSA) is 77.0 Å². The molecule has 1 aliphatic carbocycles. The maximum atomic E-state index is 11.7. The maximum absolute atomic E-state index is 11.7. The summed E-state index contributed by atoms with van der Waals surface area (Å²) in [6, 6.07) is 1.24. The summed E-state index contributed by atoms with van der Waals surface area (Å²) in [5.74, 6) is 0.971. The second kappa shape index (κ2) is 11.7. The fourth-order valence-corrected chi connectivity index (χ4v) is 4.61. The third-order valence-electron chi connectivity index (χ3n) is 5.41. The molecule has 2 N–H and O–H groups in total. The fourth-order valence-electron chi connectivity index (χ4n) is 3.76. The van der Waals surface area contributed by atoms with Gasteiger partial charge >= 0.3 is 0 Å². The molecule has 2 rings (SSSR count). The van der Waals surface area contributed by atoms with Crippen LogP contribution in [0.5, 0.6) is 0 Å². The molecule has 0 radical (unpaired) electrons. The number of aliphatic imine (C=N–C) groups is 1. The Hall–Kier alpha value is -0.130. The predicted octanol–water partition coefficient (Wildman–Crippen LogP) is 1.46. The van der Waals surface area contributed by atoms with Crippen LogP contribution in [0.15, 0.2) is 4.99 Å². The van der Waals surface area contributed by atoms with Crippen molar-refractivity contribution in [3.8, 4) is 0 Å². The molecule has 1 saturated heterocycles. The molecule has 154 valence electrons. The van der Waals surface area contributed by atoms with Gasteiger partial charge in [-0.3, -0.25) is 9.89 Å². The average Bonchev–Trinajstić information content (AvgIpc) is 3.28. The lowest BCUT2D eigenvalue weighted by molar-refractivity contribution is 0.242. The molecule has 0 amide bonds. The fraction of sp³-hybridized carbons (Fsp3) is 0.941. The molecule has 2 aliphatic rings. The zero-order valence-corrected chi connectivity index (χ0v) is 19.6. The van der Waals surface area contributed by atoms with Gasteiger partial charge in [-0.1, -0.05) is 12.8 Å². The first kappa shape index (κ1) is 23.9. The van der Waals surface area contributed by atoms with Crippen LogP contribution in [0.4, 0.5) is 0 Å². The van der Waals surface area contributed by atoms with Crippen molar-refractivity contribution in [2.45, 2.75) is 57.5 Å². The Morgan fingerprint density at radius 2 is 1.96 bits per heavy atom. The van der Waals surface area contributed by atoms with Crippen molar-refractivity contribution < 1.29 is 8.42 Å². The third-order valence-corrected chi connectivity index (χ3v) is 7.27. The molecule has 1 heterocycles. The van der Waals surface area contributed by atoms with Gasteiger partial charge < -0.3 is 10.6 Å². The van der Waals surface area contributed by atoms with E-state index in [0.29, 0.717) is 19.1 Å². The van der Waals surface area contributed by atoms with E-state index in [0.717, 1.165) is 31.4 Å². The molecule has 1 saturated carbocycles. The molecule has 26 heavy (non-hydrogen) atoms. The van der Waals surface area contributed by atoms with E-state index in [1.165, 1.54) is 36.5 Å². The van der Waals surface area contributed by atoms with Gasteiger partial charge in [0.15, 0.2) is 5.96 Å². The zero-order chi connectivity index (χ0) is 18.3. The van der Waals surface area contributed by atoms with Crippen molar-refractivity contribution in [2.24, 2.45) is 4.99 Å². The van der Waals surface area contributed by atoms with E-state index >= 15 is 0 Å². The number of guanidine groups is 1. The zero-order valence-electron chi connectivity index (χ0n) is 16.4. The van der Waals surface area contributed by atoms with E-state index in [1.807, 2.05) is 0 Å². The molecular weight excluding hydrogens is 465 g/mol. The number of rotatable bonds is 8. The minimum absolute atomic E-state index is 0. The molecule has 1 aliphatic heterocycles. The summed E-state index contributed by atoms with van der Waals surface area (Å²) in [6.45, 7) is 5.19. The standard InChI is InChI=1S/C17H35N5O2S.HI/c1-4-25(23,24)21(3)12-7-11-19-17(18-2)20-15-10-13-22(14-15)16-8-5-6-9-16;/h15-16H,4-14H2,1-3H3,(H2,18,19,20);1H. The monoisotopic (exact) mass is 501 g/mol. The molecule has 0 bridgehead atoms. The quantitative estimate of drug-likeness (QED) is 0.228. The number of nitrogens with one attached hydrogen (secondary N) is 2. The van der Waals surface area contributed by atoms with Crippen molar-refractivity contribution in [1.29, 1.82) is 0 Å². The molecule has 0 aromatic carbocycles. The highest BCUT2D eigenvalue weighted by Crippen LogP contribution is 2.26. The van der Waals surface area contributed by atoms with Crippen molar-refractivity contribution in [2.75, 3.05) is 46.0 Å². The third kappa shape index (κ3) is 7.12. The van der Waals surface area contributed by atoms with Crippen LogP contribution >= 0.6 is 24.0 Å². The number of likely N-dealkylation sites (tertiary alicyclic amines) is 1. The lowest BCUT2D eigenvalue weighted by atomic mass is 10.2. The average molecular weight is 501 g/mol. The molecule has 1 atom stereocenters. The smallest absolute Gasteiger partial charge is 0.213 e. The van der Waals surface area contributed by atoms with Gasteiger partial charge in [-0.25, -0.2) is 12.7 Å². The number of hydrogen-bond acceptors (Lipinski definition) is 4. The largest absolute Gasteiger partial charge is 0.356 e. The molecule has 0 spiro atoms. The van der Waals surface area contributed by atoms with E-state index < -0.39 is 10.0 Å². The van der Waals surface area contributed by atoms with Crippen LogP contribution < -0.4 is 10.6 Å². The van der Waals surface area contributed by atoms with Crippen molar-refractivity contribution in [3.05, 3.63) is 0 Å². The Labute approximate surface area is 176 Å². The van der Waals surface area contributed by atoms with Crippen LogP contribution in [0.2, 0.25) is 0 Å². The maximum Gasteiger partial charge on any atom is 0.213 e. The van der Waals surface area contributed by atoms with E-state index in [4.69, 9.17) is 0 Å². The van der Waals surface area contributed by atoms with Gasteiger partial charge in [0.2, 0.25) is 10.0 Å². The first-order valence-corrected chi connectivity index (χ1v) is 11.2. The Morgan fingerprint density at radius 3 is 2.58 bits per heavy atom. The van der Waals surface area contributed by atoms with Crippen LogP contribution in [0.25, 0.3) is 0 Å². The molecular formula is C17H36IN5O2S. The first-order chi connectivity index (χ1) is 12.0. The number of sulfonamides is 1. The number of hydrogen-bond donors (Lipinski definition) is 2. The highest BCUT2D eigenvalue weighted by atomic mass is 127. The Kier molecular flexibility index (Phi) is 10.7. The molecule has 0 aromatic heterocycles. The SMILES string of the molecule is CCS(=O)(=O)N(C)CCCNC(=NC)NC1CCN(C2CCCC2)C1.I. The van der Waals surface area contributed by atoms with Crippen LogP contribution in [0.3, 0.4) is 0 Å². The van der Waals surface area contributed by atoms with Gasteiger partial charge in [0.25, 0.3) is 0 Å². The molecule has 9 heteroatoms.